The van der Waals surface area contributed by atoms with Crippen LogP contribution in [0.25, 0.3) is 0 Å². The Bertz CT molecular complexity index is 765. The lowest BCUT2D eigenvalue weighted by Crippen LogP contribution is -2.25. The summed E-state index contributed by atoms with van der Waals surface area (Å²) in [4.78, 5) is 0. The second kappa shape index (κ2) is 8.52. The third-order valence-corrected chi connectivity index (χ3v) is 3.66. The zero-order chi connectivity index (χ0) is 17.5. The molecule has 0 saturated heterocycles. The van der Waals surface area contributed by atoms with Gasteiger partial charge in [0.2, 0.25) is 0 Å². The van der Waals surface area contributed by atoms with E-state index in [0.717, 1.165) is 11.3 Å². The highest BCUT2D eigenvalue weighted by Crippen LogP contribution is 2.24. The molecule has 0 fully saturated rings. The molecule has 126 valence electrons. The molecule has 7 heteroatoms. The highest BCUT2D eigenvalue weighted by atomic mass is 35.5. The van der Waals surface area contributed by atoms with Gasteiger partial charge in [-0.2, -0.15) is 5.10 Å². The van der Waals surface area contributed by atoms with Gasteiger partial charge in [0.25, 0.3) is 0 Å². The number of nitrogens with zero attached hydrogens (tertiary/aromatic N) is 1. The maximum atomic E-state index is 6.04. The Morgan fingerprint density at radius 1 is 1.08 bits per heavy atom. The van der Waals surface area contributed by atoms with Crippen molar-refractivity contribution in [1.29, 1.82) is 0 Å². The number of methoxy groups -OCH3 is 2. The molecule has 0 aliphatic heterocycles. The lowest BCUT2D eigenvalue weighted by molar-refractivity contribution is 0.414. The molecule has 0 aliphatic rings. The first kappa shape index (κ1) is 18.0. The van der Waals surface area contributed by atoms with E-state index < -0.39 is 0 Å². The van der Waals surface area contributed by atoms with Gasteiger partial charge >= 0.3 is 0 Å². The standard InChI is InChI=1S/C17H18ClN3O2S/c1-11(13-10-12(18)8-9-15(13)22-2)20-21-17(24)19-14-6-4-5-7-16(14)23-3/h4-10H,1-3H3,(H2,19,21,24)/b20-11-. The van der Waals surface area contributed by atoms with Gasteiger partial charge < -0.3 is 14.8 Å². The molecule has 2 N–H and O–H groups in total. The number of ether oxygens (including phenoxy) is 2. The topological polar surface area (TPSA) is 54.9 Å². The fourth-order valence-electron chi connectivity index (χ4n) is 2.06. The van der Waals surface area contributed by atoms with E-state index in [4.69, 9.17) is 33.3 Å². The van der Waals surface area contributed by atoms with Gasteiger partial charge in [-0.25, -0.2) is 0 Å². The van der Waals surface area contributed by atoms with Gasteiger partial charge in [-0.3, -0.25) is 5.43 Å². The number of hydrogen-bond donors (Lipinski definition) is 2. The maximum absolute atomic E-state index is 6.04. The molecule has 0 atom stereocenters. The Hall–Kier alpha value is -2.31. The van der Waals surface area contributed by atoms with Crippen molar-refractivity contribution >= 4 is 40.3 Å². The predicted octanol–water partition coefficient (Wildman–Crippen LogP) is 4.07. The van der Waals surface area contributed by atoms with Crippen molar-refractivity contribution in [3.8, 4) is 11.5 Å². The third kappa shape index (κ3) is 4.59. The van der Waals surface area contributed by atoms with Gasteiger partial charge in [-0.1, -0.05) is 23.7 Å². The summed E-state index contributed by atoms with van der Waals surface area (Å²) in [6, 6.07) is 12.8. The van der Waals surface area contributed by atoms with Crippen molar-refractivity contribution in [3.63, 3.8) is 0 Å². The van der Waals surface area contributed by atoms with E-state index >= 15 is 0 Å². The smallest absolute Gasteiger partial charge is 0.191 e. The van der Waals surface area contributed by atoms with Crippen LogP contribution in [0.5, 0.6) is 11.5 Å². The number of halogens is 1. The first-order valence-corrected chi connectivity index (χ1v) is 7.92. The summed E-state index contributed by atoms with van der Waals surface area (Å²) in [7, 11) is 3.20. The minimum absolute atomic E-state index is 0.347. The normalized spacial score (nSPS) is 10.9. The van der Waals surface area contributed by atoms with Crippen LogP contribution in [-0.4, -0.2) is 25.0 Å². The number of anilines is 1. The zero-order valence-electron chi connectivity index (χ0n) is 13.6. The van der Waals surface area contributed by atoms with E-state index in [9.17, 15) is 0 Å². The van der Waals surface area contributed by atoms with E-state index in [1.165, 1.54) is 0 Å². The number of para-hydroxylation sites is 2. The summed E-state index contributed by atoms with van der Waals surface area (Å²) in [6.07, 6.45) is 0. The molecule has 0 bridgehead atoms. The molecule has 5 nitrogen and oxygen atoms in total. The van der Waals surface area contributed by atoms with Crippen LogP contribution in [0.4, 0.5) is 5.69 Å². The lowest BCUT2D eigenvalue weighted by atomic mass is 10.1. The molecule has 2 rings (SSSR count). The second-order valence-corrected chi connectivity index (χ2v) is 5.65. The van der Waals surface area contributed by atoms with Crippen molar-refractivity contribution in [2.45, 2.75) is 6.92 Å². The van der Waals surface area contributed by atoms with E-state index in [0.29, 0.717) is 27.3 Å². The lowest BCUT2D eigenvalue weighted by Gasteiger charge is -2.12. The van der Waals surface area contributed by atoms with Crippen molar-refractivity contribution in [2.24, 2.45) is 5.10 Å². The molecule has 2 aromatic carbocycles. The molecule has 0 unspecified atom stereocenters. The summed E-state index contributed by atoms with van der Waals surface area (Å²) in [5.41, 5.74) is 5.04. The Labute approximate surface area is 151 Å². The highest BCUT2D eigenvalue weighted by Gasteiger charge is 2.08. The highest BCUT2D eigenvalue weighted by molar-refractivity contribution is 7.80. The summed E-state index contributed by atoms with van der Waals surface area (Å²) >= 11 is 11.3. The molecule has 0 heterocycles. The van der Waals surface area contributed by atoms with Gasteiger partial charge in [-0.05, 0) is 49.5 Å². The van der Waals surface area contributed by atoms with Crippen molar-refractivity contribution < 1.29 is 9.47 Å². The average Bonchev–Trinajstić information content (AvgIpc) is 2.60. The molecule has 24 heavy (non-hydrogen) atoms. The van der Waals surface area contributed by atoms with Crippen LogP contribution in [-0.2, 0) is 0 Å². The van der Waals surface area contributed by atoms with E-state index in [2.05, 4.69) is 15.8 Å². The second-order valence-electron chi connectivity index (χ2n) is 4.81. The van der Waals surface area contributed by atoms with E-state index in [1.54, 1.807) is 32.4 Å². The van der Waals surface area contributed by atoms with Crippen LogP contribution < -0.4 is 20.2 Å². The number of thiocarbonyl (C=S) groups is 1. The van der Waals surface area contributed by atoms with Crippen LogP contribution in [0.3, 0.4) is 0 Å². The number of nitrogens with one attached hydrogen (secondary N) is 2. The Morgan fingerprint density at radius 2 is 1.79 bits per heavy atom. The number of hydrogen-bond acceptors (Lipinski definition) is 4. The van der Waals surface area contributed by atoms with E-state index in [-0.39, 0.29) is 0 Å². The van der Waals surface area contributed by atoms with Gasteiger partial charge in [0.1, 0.15) is 11.5 Å². The third-order valence-electron chi connectivity index (χ3n) is 3.23. The van der Waals surface area contributed by atoms with E-state index in [1.807, 2.05) is 31.2 Å². The van der Waals surface area contributed by atoms with Crippen molar-refractivity contribution in [2.75, 3.05) is 19.5 Å². The molecule has 0 saturated carbocycles. The molecular weight excluding hydrogens is 346 g/mol. The molecule has 0 aliphatic carbocycles. The van der Waals surface area contributed by atoms with Crippen molar-refractivity contribution in [1.82, 2.24) is 5.43 Å². The first-order chi connectivity index (χ1) is 11.5. The SMILES string of the molecule is COc1ccccc1NC(=S)N/N=C(/C)c1cc(Cl)ccc1OC. The fraction of sp³-hybridized carbons (Fsp3) is 0.176. The number of rotatable bonds is 5. The van der Waals surface area contributed by atoms with Gasteiger partial charge in [-0.15, -0.1) is 0 Å². The minimum atomic E-state index is 0.347. The summed E-state index contributed by atoms with van der Waals surface area (Å²) < 4.78 is 10.6. The Morgan fingerprint density at radius 3 is 2.50 bits per heavy atom. The number of hydrazone groups is 1. The van der Waals surface area contributed by atoms with Crippen molar-refractivity contribution in [3.05, 3.63) is 53.1 Å². The zero-order valence-corrected chi connectivity index (χ0v) is 15.2. The molecule has 0 spiro atoms. The van der Waals surface area contributed by atoms with Crippen LogP contribution in [0.1, 0.15) is 12.5 Å². The molecule has 0 amide bonds. The fourth-order valence-corrected chi connectivity index (χ4v) is 2.38. The molecular formula is C17H18ClN3O2S. The van der Waals surface area contributed by atoms with Gasteiger partial charge in [0.05, 0.1) is 25.6 Å². The first-order valence-electron chi connectivity index (χ1n) is 7.13. The molecule has 2 aromatic rings. The Kier molecular flexibility index (Phi) is 6.40. The average molecular weight is 364 g/mol. The summed E-state index contributed by atoms with van der Waals surface area (Å²) in [5.74, 6) is 1.38. The molecule has 0 aromatic heterocycles. The van der Waals surface area contributed by atoms with Gasteiger partial charge in [0.15, 0.2) is 5.11 Å². The molecule has 0 radical (unpaired) electrons. The minimum Gasteiger partial charge on any atom is -0.496 e. The largest absolute Gasteiger partial charge is 0.496 e. The van der Waals surface area contributed by atoms with Crippen LogP contribution in [0, 0.1) is 0 Å². The van der Waals surface area contributed by atoms with Gasteiger partial charge in [0, 0.05) is 10.6 Å². The quantitative estimate of drug-likeness (QED) is 0.476. The maximum Gasteiger partial charge on any atom is 0.191 e. The number of benzene rings is 2. The predicted molar refractivity (Wildman–Crippen MR) is 103 cm³/mol. The monoisotopic (exact) mass is 363 g/mol. The van der Waals surface area contributed by atoms with Crippen LogP contribution in [0.15, 0.2) is 47.6 Å². The Balaban J connectivity index is 2.10. The van der Waals surface area contributed by atoms with Crippen LogP contribution in [0.2, 0.25) is 5.02 Å². The summed E-state index contributed by atoms with van der Waals surface area (Å²) in [5, 5.41) is 8.27. The van der Waals surface area contributed by atoms with Crippen LogP contribution >= 0.6 is 23.8 Å². The summed E-state index contributed by atoms with van der Waals surface area (Å²) in [6.45, 7) is 1.84.